The Morgan fingerprint density at radius 2 is 2.00 bits per heavy atom. The Bertz CT molecular complexity index is 420. The zero-order chi connectivity index (χ0) is 14.4. The van der Waals surface area contributed by atoms with Crippen molar-refractivity contribution in [2.75, 3.05) is 6.54 Å². The molecule has 2 rings (SSSR count). The monoisotopic (exact) mass is 274 g/mol. The van der Waals surface area contributed by atoms with Gasteiger partial charge in [0.2, 0.25) is 5.91 Å². The number of hydrogen-bond acceptors (Lipinski definition) is 2. The number of pyridine rings is 1. The highest BCUT2D eigenvalue weighted by Gasteiger charge is 2.37. The molecule has 0 saturated heterocycles. The van der Waals surface area contributed by atoms with Crippen molar-refractivity contribution in [2.24, 2.45) is 5.92 Å². The maximum absolute atomic E-state index is 12.2. The van der Waals surface area contributed by atoms with Gasteiger partial charge in [0.1, 0.15) is 0 Å². The molecule has 1 amide bonds. The molecule has 1 N–H and O–H groups in total. The number of carbonyl (C=O) groups excluding carboxylic acids is 1. The molecule has 1 aromatic heterocycles. The second-order valence-corrected chi connectivity index (χ2v) is 5.93. The Morgan fingerprint density at radius 1 is 1.30 bits per heavy atom. The van der Waals surface area contributed by atoms with Gasteiger partial charge in [-0.3, -0.25) is 9.78 Å². The van der Waals surface area contributed by atoms with Gasteiger partial charge >= 0.3 is 0 Å². The standard InChI is InChI=1S/C17H26N2O/c1-3-14(4-2)16(20)19-13-17(10-6-7-11-17)15-9-5-8-12-18-15/h5,8-9,12,14H,3-4,6-7,10-11,13H2,1-2H3,(H,19,20). The molecule has 1 heterocycles. The minimum absolute atomic E-state index is 0.0585. The quantitative estimate of drug-likeness (QED) is 0.863. The number of nitrogens with zero attached hydrogens (tertiary/aromatic N) is 1. The largest absolute Gasteiger partial charge is 0.355 e. The molecule has 0 unspecified atom stereocenters. The second kappa shape index (κ2) is 6.87. The van der Waals surface area contributed by atoms with Crippen LogP contribution in [0.15, 0.2) is 24.4 Å². The normalized spacial score (nSPS) is 17.4. The smallest absolute Gasteiger partial charge is 0.223 e. The summed E-state index contributed by atoms with van der Waals surface area (Å²) in [6.45, 7) is 4.90. The van der Waals surface area contributed by atoms with Gasteiger partial charge in [-0.25, -0.2) is 0 Å². The molecule has 110 valence electrons. The molecule has 1 aliphatic rings. The lowest BCUT2D eigenvalue weighted by Crippen LogP contribution is -2.41. The van der Waals surface area contributed by atoms with Crippen LogP contribution in [0.4, 0.5) is 0 Å². The van der Waals surface area contributed by atoms with Crippen LogP contribution in [0.1, 0.15) is 58.1 Å². The van der Waals surface area contributed by atoms with Crippen molar-refractivity contribution in [3.8, 4) is 0 Å². The summed E-state index contributed by atoms with van der Waals surface area (Å²) in [4.78, 5) is 16.7. The maximum Gasteiger partial charge on any atom is 0.223 e. The van der Waals surface area contributed by atoms with Crippen LogP contribution in [0, 0.1) is 5.92 Å². The van der Waals surface area contributed by atoms with E-state index in [9.17, 15) is 4.79 Å². The van der Waals surface area contributed by atoms with E-state index in [0.29, 0.717) is 0 Å². The van der Waals surface area contributed by atoms with Crippen LogP contribution in [-0.4, -0.2) is 17.4 Å². The summed E-state index contributed by atoms with van der Waals surface area (Å²) in [6, 6.07) is 6.11. The van der Waals surface area contributed by atoms with Gasteiger partial charge in [0, 0.05) is 29.8 Å². The van der Waals surface area contributed by atoms with Crippen molar-refractivity contribution in [1.82, 2.24) is 10.3 Å². The number of nitrogens with one attached hydrogen (secondary N) is 1. The number of hydrogen-bond donors (Lipinski definition) is 1. The summed E-state index contributed by atoms with van der Waals surface area (Å²) in [5, 5.41) is 3.19. The molecule has 3 nitrogen and oxygen atoms in total. The van der Waals surface area contributed by atoms with E-state index >= 15 is 0 Å². The van der Waals surface area contributed by atoms with E-state index in [1.807, 2.05) is 18.3 Å². The Labute approximate surface area is 122 Å². The molecule has 1 aromatic rings. The second-order valence-electron chi connectivity index (χ2n) is 5.93. The molecular weight excluding hydrogens is 248 g/mol. The van der Waals surface area contributed by atoms with Crippen molar-refractivity contribution < 1.29 is 4.79 Å². The molecular formula is C17H26N2O. The lowest BCUT2D eigenvalue weighted by atomic mass is 9.82. The fourth-order valence-electron chi connectivity index (χ4n) is 3.31. The van der Waals surface area contributed by atoms with E-state index in [0.717, 1.165) is 37.9 Å². The fourth-order valence-corrected chi connectivity index (χ4v) is 3.31. The van der Waals surface area contributed by atoms with Crippen molar-refractivity contribution in [3.05, 3.63) is 30.1 Å². The third-order valence-corrected chi connectivity index (χ3v) is 4.73. The third kappa shape index (κ3) is 3.20. The molecule has 0 spiro atoms. The van der Waals surface area contributed by atoms with Gasteiger partial charge in [-0.2, -0.15) is 0 Å². The van der Waals surface area contributed by atoms with E-state index in [1.165, 1.54) is 12.8 Å². The SMILES string of the molecule is CCC(CC)C(=O)NCC1(c2ccccn2)CCCC1. The molecule has 1 aliphatic carbocycles. The molecule has 0 bridgehead atoms. The van der Waals surface area contributed by atoms with Crippen molar-refractivity contribution in [2.45, 2.75) is 57.8 Å². The zero-order valence-corrected chi connectivity index (χ0v) is 12.7. The highest BCUT2D eigenvalue weighted by Crippen LogP contribution is 2.39. The molecule has 1 saturated carbocycles. The minimum Gasteiger partial charge on any atom is -0.355 e. The summed E-state index contributed by atoms with van der Waals surface area (Å²) in [5.41, 5.74) is 1.20. The number of carbonyl (C=O) groups is 1. The molecule has 0 aliphatic heterocycles. The van der Waals surface area contributed by atoms with Crippen LogP contribution in [0.25, 0.3) is 0 Å². The predicted molar refractivity (Wildman–Crippen MR) is 81.5 cm³/mol. The summed E-state index contributed by atoms with van der Waals surface area (Å²) in [5.74, 6) is 0.356. The molecule has 1 fully saturated rings. The van der Waals surface area contributed by atoms with Crippen molar-refractivity contribution in [1.29, 1.82) is 0 Å². The van der Waals surface area contributed by atoms with E-state index in [4.69, 9.17) is 0 Å². The van der Waals surface area contributed by atoms with Crippen molar-refractivity contribution in [3.63, 3.8) is 0 Å². The van der Waals surface area contributed by atoms with E-state index < -0.39 is 0 Å². The van der Waals surface area contributed by atoms with E-state index in [2.05, 4.69) is 30.2 Å². The first-order valence-corrected chi connectivity index (χ1v) is 7.91. The Balaban J connectivity index is 2.06. The summed E-state index contributed by atoms with van der Waals surface area (Å²) in [7, 11) is 0. The Kier molecular flexibility index (Phi) is 5.16. The lowest BCUT2D eigenvalue weighted by molar-refractivity contribution is -0.125. The first kappa shape index (κ1) is 15.0. The van der Waals surface area contributed by atoms with Crippen LogP contribution in [-0.2, 0) is 10.2 Å². The highest BCUT2D eigenvalue weighted by atomic mass is 16.1. The maximum atomic E-state index is 12.2. The predicted octanol–water partition coefficient (Wildman–Crippen LogP) is 3.45. The van der Waals surface area contributed by atoms with Gasteiger partial charge < -0.3 is 5.32 Å². The van der Waals surface area contributed by atoms with Gasteiger partial charge in [-0.05, 0) is 37.8 Å². The average molecular weight is 274 g/mol. The molecule has 0 aromatic carbocycles. The van der Waals surface area contributed by atoms with Gasteiger partial charge in [0.05, 0.1) is 0 Å². The molecule has 3 heteroatoms. The minimum atomic E-state index is 0.0585. The van der Waals surface area contributed by atoms with E-state index in [1.54, 1.807) is 0 Å². The topological polar surface area (TPSA) is 42.0 Å². The van der Waals surface area contributed by atoms with Gasteiger partial charge in [0.25, 0.3) is 0 Å². The summed E-state index contributed by atoms with van der Waals surface area (Å²) in [6.07, 6.45) is 8.42. The van der Waals surface area contributed by atoms with Gasteiger partial charge in [0.15, 0.2) is 0 Å². The van der Waals surface area contributed by atoms with Crippen LogP contribution >= 0.6 is 0 Å². The Hall–Kier alpha value is -1.38. The van der Waals surface area contributed by atoms with Gasteiger partial charge in [-0.1, -0.05) is 32.8 Å². The van der Waals surface area contributed by atoms with Crippen molar-refractivity contribution >= 4 is 5.91 Å². The first-order valence-electron chi connectivity index (χ1n) is 7.91. The fraction of sp³-hybridized carbons (Fsp3) is 0.647. The first-order chi connectivity index (χ1) is 9.72. The van der Waals surface area contributed by atoms with Crippen LogP contribution in [0.2, 0.25) is 0 Å². The highest BCUT2D eigenvalue weighted by molar-refractivity contribution is 5.78. The molecule has 0 atom stereocenters. The van der Waals surface area contributed by atoms with Crippen LogP contribution < -0.4 is 5.32 Å². The van der Waals surface area contributed by atoms with E-state index in [-0.39, 0.29) is 17.2 Å². The molecule has 20 heavy (non-hydrogen) atoms. The summed E-state index contributed by atoms with van der Waals surface area (Å²) < 4.78 is 0. The lowest BCUT2D eigenvalue weighted by Gasteiger charge is -2.29. The van der Waals surface area contributed by atoms with Gasteiger partial charge in [-0.15, -0.1) is 0 Å². The average Bonchev–Trinajstić information content (AvgIpc) is 2.97. The van der Waals surface area contributed by atoms with Crippen LogP contribution in [0.5, 0.6) is 0 Å². The number of amides is 1. The summed E-state index contributed by atoms with van der Waals surface area (Å²) >= 11 is 0. The van der Waals surface area contributed by atoms with Crippen LogP contribution in [0.3, 0.4) is 0 Å². The molecule has 0 radical (unpaired) electrons. The Morgan fingerprint density at radius 3 is 2.55 bits per heavy atom. The number of aromatic nitrogens is 1. The number of rotatable bonds is 6. The zero-order valence-electron chi connectivity index (χ0n) is 12.7. The third-order valence-electron chi connectivity index (χ3n) is 4.73.